The number of carbonyl (C=O) groups is 1. The first-order valence-corrected chi connectivity index (χ1v) is 5.07. The molecule has 0 saturated carbocycles. The van der Waals surface area contributed by atoms with Crippen LogP contribution in [0.1, 0.15) is 29.8 Å². The Kier molecular flexibility index (Phi) is 3.92. The second-order valence-corrected chi connectivity index (χ2v) is 4.06. The van der Waals surface area contributed by atoms with Gasteiger partial charge in [-0.1, -0.05) is 13.8 Å². The third-order valence-electron chi connectivity index (χ3n) is 2.46. The van der Waals surface area contributed by atoms with E-state index in [0.29, 0.717) is 0 Å². The highest BCUT2D eigenvalue weighted by atomic mass is 19.1. The number of Topliss-reactive ketones (excluding diaryl/α,β-unsaturated/α-hetero) is 1. The van der Waals surface area contributed by atoms with Crippen LogP contribution in [0.2, 0.25) is 0 Å². The van der Waals surface area contributed by atoms with Crippen LogP contribution in [0.5, 0.6) is 0 Å². The molecule has 1 rings (SSSR count). The van der Waals surface area contributed by atoms with Gasteiger partial charge in [0.25, 0.3) is 0 Å². The highest BCUT2D eigenvalue weighted by Crippen LogP contribution is 2.17. The van der Waals surface area contributed by atoms with E-state index >= 15 is 0 Å². The molecular weight excluding hydrogens is 226 g/mol. The van der Waals surface area contributed by atoms with Gasteiger partial charge in [-0.25, -0.2) is 8.78 Å². The Bertz CT molecular complexity index is 469. The Labute approximate surface area is 97.8 Å². The molecule has 1 atom stereocenters. The van der Waals surface area contributed by atoms with Gasteiger partial charge in [-0.05, 0) is 18.1 Å². The molecule has 5 heteroatoms. The Morgan fingerprint density at radius 3 is 2.18 bits per heavy atom. The van der Waals surface area contributed by atoms with Crippen molar-refractivity contribution >= 4 is 5.78 Å². The lowest BCUT2D eigenvalue weighted by Crippen LogP contribution is -2.35. The topological polar surface area (TPSA) is 66.9 Å². The first-order chi connectivity index (χ1) is 7.88. The SMILES string of the molecule is CC(C)C(N)C(=O)c1cc(F)c(C#N)c(F)c1. The molecule has 0 aliphatic rings. The van der Waals surface area contributed by atoms with Crippen LogP contribution >= 0.6 is 0 Å². The molecule has 1 aromatic carbocycles. The van der Waals surface area contributed by atoms with Crippen molar-refractivity contribution in [3.63, 3.8) is 0 Å². The van der Waals surface area contributed by atoms with E-state index in [1.165, 1.54) is 6.07 Å². The number of halogens is 2. The lowest BCUT2D eigenvalue weighted by atomic mass is 9.95. The first kappa shape index (κ1) is 13.3. The Morgan fingerprint density at radius 1 is 1.35 bits per heavy atom. The molecule has 0 spiro atoms. The molecule has 17 heavy (non-hydrogen) atoms. The van der Waals surface area contributed by atoms with E-state index in [4.69, 9.17) is 11.0 Å². The molecule has 0 heterocycles. The zero-order valence-electron chi connectivity index (χ0n) is 9.50. The Balaban J connectivity index is 3.18. The fraction of sp³-hybridized carbons (Fsp3) is 0.333. The highest BCUT2D eigenvalue weighted by molar-refractivity contribution is 6.00. The van der Waals surface area contributed by atoms with Gasteiger partial charge >= 0.3 is 0 Å². The molecule has 0 aliphatic carbocycles. The normalized spacial score (nSPS) is 12.3. The smallest absolute Gasteiger partial charge is 0.179 e. The van der Waals surface area contributed by atoms with Gasteiger partial charge in [0.05, 0.1) is 6.04 Å². The predicted octanol–water partition coefficient (Wildman–Crippen LogP) is 2.00. The van der Waals surface area contributed by atoms with E-state index in [1.807, 2.05) is 0 Å². The van der Waals surface area contributed by atoms with Crippen molar-refractivity contribution in [2.45, 2.75) is 19.9 Å². The summed E-state index contributed by atoms with van der Waals surface area (Å²) in [5, 5.41) is 8.49. The van der Waals surface area contributed by atoms with Crippen LogP contribution in [-0.4, -0.2) is 11.8 Å². The monoisotopic (exact) mass is 238 g/mol. The summed E-state index contributed by atoms with van der Waals surface area (Å²) < 4.78 is 26.6. The van der Waals surface area contributed by atoms with E-state index in [0.717, 1.165) is 12.1 Å². The standard InChI is InChI=1S/C12H12F2N2O/c1-6(2)11(16)12(17)7-3-9(13)8(5-15)10(14)4-7/h3-4,6,11H,16H2,1-2H3. The number of ketones is 1. The van der Waals surface area contributed by atoms with Gasteiger partial charge in [-0.2, -0.15) is 5.26 Å². The van der Waals surface area contributed by atoms with Crippen molar-refractivity contribution in [1.82, 2.24) is 0 Å². The van der Waals surface area contributed by atoms with Crippen molar-refractivity contribution in [2.24, 2.45) is 11.7 Å². The van der Waals surface area contributed by atoms with Crippen molar-refractivity contribution in [2.75, 3.05) is 0 Å². The summed E-state index contributed by atoms with van der Waals surface area (Å²) in [5.41, 5.74) is 4.76. The molecular formula is C12H12F2N2O. The maximum absolute atomic E-state index is 13.3. The molecule has 0 aliphatic heterocycles. The summed E-state index contributed by atoms with van der Waals surface area (Å²) in [4.78, 5) is 11.7. The van der Waals surface area contributed by atoms with Gasteiger partial charge in [0.15, 0.2) is 5.78 Å². The number of nitriles is 1. The quantitative estimate of drug-likeness (QED) is 0.819. The second kappa shape index (κ2) is 5.02. The number of nitrogens with zero attached hydrogens (tertiary/aromatic N) is 1. The number of carbonyl (C=O) groups excluding carboxylic acids is 1. The highest BCUT2D eigenvalue weighted by Gasteiger charge is 2.22. The molecule has 0 fully saturated rings. The van der Waals surface area contributed by atoms with Crippen molar-refractivity contribution in [3.05, 3.63) is 34.9 Å². The van der Waals surface area contributed by atoms with Gasteiger partial charge in [0.2, 0.25) is 0 Å². The summed E-state index contributed by atoms with van der Waals surface area (Å²) in [5.74, 6) is -2.77. The summed E-state index contributed by atoms with van der Waals surface area (Å²) in [6.45, 7) is 3.47. The van der Waals surface area contributed by atoms with E-state index < -0.39 is 29.0 Å². The molecule has 0 aromatic heterocycles. The number of rotatable bonds is 3. The van der Waals surface area contributed by atoms with Crippen molar-refractivity contribution in [1.29, 1.82) is 5.26 Å². The van der Waals surface area contributed by atoms with E-state index in [1.54, 1.807) is 13.8 Å². The Hall–Kier alpha value is -1.80. The number of nitrogens with two attached hydrogens (primary N) is 1. The molecule has 1 aromatic rings. The van der Waals surface area contributed by atoms with Crippen LogP contribution in [-0.2, 0) is 0 Å². The van der Waals surface area contributed by atoms with Crippen LogP contribution in [0, 0.1) is 28.9 Å². The number of hydrogen-bond donors (Lipinski definition) is 1. The summed E-state index contributed by atoms with van der Waals surface area (Å²) >= 11 is 0. The van der Waals surface area contributed by atoms with E-state index in [-0.39, 0.29) is 11.5 Å². The van der Waals surface area contributed by atoms with Gasteiger partial charge < -0.3 is 5.73 Å². The van der Waals surface area contributed by atoms with Gasteiger partial charge in [-0.3, -0.25) is 4.79 Å². The largest absolute Gasteiger partial charge is 0.321 e. The maximum atomic E-state index is 13.3. The maximum Gasteiger partial charge on any atom is 0.179 e. The summed E-state index contributed by atoms with van der Waals surface area (Å²) in [6.07, 6.45) is 0. The van der Waals surface area contributed by atoms with Crippen LogP contribution in [0.3, 0.4) is 0 Å². The lowest BCUT2D eigenvalue weighted by Gasteiger charge is -2.14. The summed E-state index contributed by atoms with van der Waals surface area (Å²) in [7, 11) is 0. The molecule has 0 saturated heterocycles. The van der Waals surface area contributed by atoms with Crippen LogP contribution in [0.4, 0.5) is 8.78 Å². The average Bonchev–Trinajstić information content (AvgIpc) is 2.26. The fourth-order valence-electron chi connectivity index (χ4n) is 1.32. The van der Waals surface area contributed by atoms with Crippen molar-refractivity contribution in [3.8, 4) is 6.07 Å². The molecule has 0 amide bonds. The van der Waals surface area contributed by atoms with Crippen LogP contribution < -0.4 is 5.73 Å². The molecule has 90 valence electrons. The minimum atomic E-state index is -1.05. The van der Waals surface area contributed by atoms with E-state index in [9.17, 15) is 13.6 Å². The molecule has 0 radical (unpaired) electrons. The first-order valence-electron chi connectivity index (χ1n) is 5.07. The third-order valence-corrected chi connectivity index (χ3v) is 2.46. The predicted molar refractivity (Wildman–Crippen MR) is 58.2 cm³/mol. The molecule has 1 unspecified atom stereocenters. The minimum absolute atomic E-state index is 0.135. The average molecular weight is 238 g/mol. The fourth-order valence-corrected chi connectivity index (χ4v) is 1.32. The number of benzene rings is 1. The van der Waals surface area contributed by atoms with E-state index in [2.05, 4.69) is 0 Å². The zero-order valence-corrected chi connectivity index (χ0v) is 9.50. The van der Waals surface area contributed by atoms with Crippen LogP contribution in [0.15, 0.2) is 12.1 Å². The summed E-state index contributed by atoms with van der Waals surface area (Å²) in [6, 6.07) is 2.25. The third kappa shape index (κ3) is 2.66. The minimum Gasteiger partial charge on any atom is -0.321 e. The second-order valence-electron chi connectivity index (χ2n) is 4.06. The van der Waals surface area contributed by atoms with Gasteiger partial charge in [0.1, 0.15) is 23.3 Å². The zero-order chi connectivity index (χ0) is 13.2. The lowest BCUT2D eigenvalue weighted by molar-refractivity contribution is 0.0939. The molecule has 0 bridgehead atoms. The van der Waals surface area contributed by atoms with Crippen LogP contribution in [0.25, 0.3) is 0 Å². The Morgan fingerprint density at radius 2 is 1.82 bits per heavy atom. The van der Waals surface area contributed by atoms with Crippen molar-refractivity contribution < 1.29 is 13.6 Å². The number of hydrogen-bond acceptors (Lipinski definition) is 3. The van der Waals surface area contributed by atoms with Gasteiger partial charge in [0, 0.05) is 5.56 Å². The molecule has 2 N–H and O–H groups in total. The molecule has 3 nitrogen and oxygen atoms in total. The van der Waals surface area contributed by atoms with Gasteiger partial charge in [-0.15, -0.1) is 0 Å².